The highest BCUT2D eigenvalue weighted by Gasteiger charge is 2.28. The monoisotopic (exact) mass is 494 g/mol. The second kappa shape index (κ2) is 13.1. The lowest BCUT2D eigenvalue weighted by molar-refractivity contribution is 0.709. The molecular formula is C33H42N4. The molecule has 0 aliphatic carbocycles. The van der Waals surface area contributed by atoms with Crippen LogP contribution in [0.3, 0.4) is 0 Å². The van der Waals surface area contributed by atoms with Gasteiger partial charge in [-0.15, -0.1) is 0 Å². The van der Waals surface area contributed by atoms with E-state index < -0.39 is 0 Å². The fourth-order valence-corrected chi connectivity index (χ4v) is 5.11. The van der Waals surface area contributed by atoms with Crippen LogP contribution < -0.4 is 14.8 Å². The smallest absolute Gasteiger partial charge is 0.0831 e. The third kappa shape index (κ3) is 6.62. The highest BCUT2D eigenvalue weighted by atomic mass is 15.5. The average molecular weight is 495 g/mol. The Bertz CT molecular complexity index is 1140. The van der Waals surface area contributed by atoms with Crippen molar-refractivity contribution in [1.29, 1.82) is 0 Å². The molecule has 0 saturated carbocycles. The molecule has 4 nitrogen and oxygen atoms in total. The number of rotatable bonds is 12. The van der Waals surface area contributed by atoms with Crippen molar-refractivity contribution in [3.8, 4) is 0 Å². The van der Waals surface area contributed by atoms with E-state index in [0.29, 0.717) is 0 Å². The first-order chi connectivity index (χ1) is 18.2. The van der Waals surface area contributed by atoms with Crippen molar-refractivity contribution in [3.05, 3.63) is 96.1 Å². The summed E-state index contributed by atoms with van der Waals surface area (Å²) in [6.07, 6.45) is 7.60. The van der Waals surface area contributed by atoms with Crippen LogP contribution in [-0.4, -0.2) is 31.9 Å². The lowest BCUT2D eigenvalue weighted by Gasteiger charge is -2.25. The van der Waals surface area contributed by atoms with Crippen LogP contribution in [0.2, 0.25) is 0 Å². The maximum atomic E-state index is 5.06. The van der Waals surface area contributed by atoms with E-state index in [2.05, 4.69) is 134 Å². The summed E-state index contributed by atoms with van der Waals surface area (Å²) in [7, 11) is 0. The number of hydrazone groups is 1. The summed E-state index contributed by atoms with van der Waals surface area (Å²) in [4.78, 5) is 4.86. The van der Waals surface area contributed by atoms with E-state index in [1.54, 1.807) is 0 Å². The fraction of sp³-hybridized carbons (Fsp3) is 0.364. The topological polar surface area (TPSA) is 22.1 Å². The number of nitrogens with zero attached hydrogens (tertiary/aromatic N) is 4. The molecule has 4 heteroatoms. The van der Waals surface area contributed by atoms with E-state index in [0.717, 1.165) is 44.0 Å². The molecule has 0 fully saturated rings. The van der Waals surface area contributed by atoms with Crippen LogP contribution in [0.5, 0.6) is 0 Å². The Morgan fingerprint density at radius 2 is 1.32 bits per heavy atom. The van der Waals surface area contributed by atoms with Gasteiger partial charge in [-0.1, -0.05) is 62.4 Å². The van der Waals surface area contributed by atoms with Gasteiger partial charge >= 0.3 is 0 Å². The van der Waals surface area contributed by atoms with Crippen LogP contribution in [0.4, 0.5) is 17.1 Å². The molecule has 1 aliphatic rings. The molecule has 3 aromatic rings. The molecule has 0 saturated heterocycles. The molecule has 1 heterocycles. The molecule has 0 N–H and O–H groups in total. The molecule has 0 spiro atoms. The molecule has 1 unspecified atom stereocenters. The summed E-state index contributed by atoms with van der Waals surface area (Å²) in [5, 5.41) is 7.24. The van der Waals surface area contributed by atoms with Gasteiger partial charge in [-0.2, -0.15) is 5.10 Å². The Kier molecular flexibility index (Phi) is 9.42. The zero-order valence-corrected chi connectivity index (χ0v) is 23.0. The van der Waals surface area contributed by atoms with Gasteiger partial charge in [-0.05, 0) is 80.3 Å². The van der Waals surface area contributed by atoms with E-state index >= 15 is 0 Å². The highest BCUT2D eigenvalue weighted by Crippen LogP contribution is 2.36. The molecule has 0 bridgehead atoms. The van der Waals surface area contributed by atoms with Crippen LogP contribution in [0.1, 0.15) is 64.1 Å². The SMILES string of the molecule is CCCN(CCC)c1ccc(C=CC2=NN(c3ccccc3)C(c3ccc(N(CC)CC)cc3)C2)cc1. The normalized spacial score (nSPS) is 15.3. The van der Waals surface area contributed by atoms with Gasteiger partial charge in [-0.3, -0.25) is 5.01 Å². The molecule has 0 amide bonds. The Balaban J connectivity index is 1.53. The van der Waals surface area contributed by atoms with Crippen molar-refractivity contribution >= 4 is 28.8 Å². The Morgan fingerprint density at radius 3 is 1.92 bits per heavy atom. The van der Waals surface area contributed by atoms with Crippen LogP contribution in [0.25, 0.3) is 6.08 Å². The van der Waals surface area contributed by atoms with E-state index in [-0.39, 0.29) is 6.04 Å². The van der Waals surface area contributed by atoms with Gasteiger partial charge in [-0.25, -0.2) is 0 Å². The van der Waals surface area contributed by atoms with Crippen molar-refractivity contribution in [1.82, 2.24) is 0 Å². The minimum absolute atomic E-state index is 0.187. The third-order valence-electron chi connectivity index (χ3n) is 7.07. The zero-order chi connectivity index (χ0) is 26.0. The maximum absolute atomic E-state index is 5.06. The third-order valence-corrected chi connectivity index (χ3v) is 7.07. The average Bonchev–Trinajstić information content (AvgIpc) is 3.38. The summed E-state index contributed by atoms with van der Waals surface area (Å²) in [6, 6.07) is 28.7. The Labute approximate surface area is 223 Å². The number of para-hydroxylation sites is 1. The van der Waals surface area contributed by atoms with Gasteiger partial charge in [0, 0.05) is 44.0 Å². The first kappa shape index (κ1) is 26.5. The van der Waals surface area contributed by atoms with Crippen molar-refractivity contribution < 1.29 is 0 Å². The Hall–Kier alpha value is -3.53. The van der Waals surface area contributed by atoms with E-state index in [1.165, 1.54) is 35.3 Å². The Morgan fingerprint density at radius 1 is 0.730 bits per heavy atom. The van der Waals surface area contributed by atoms with Gasteiger partial charge in [0.15, 0.2) is 0 Å². The van der Waals surface area contributed by atoms with E-state index in [9.17, 15) is 0 Å². The lowest BCUT2D eigenvalue weighted by Crippen LogP contribution is -2.24. The van der Waals surface area contributed by atoms with Crippen molar-refractivity contribution in [3.63, 3.8) is 0 Å². The minimum atomic E-state index is 0.187. The van der Waals surface area contributed by atoms with E-state index in [1.807, 2.05) is 0 Å². The van der Waals surface area contributed by atoms with Crippen LogP contribution in [-0.2, 0) is 0 Å². The number of benzene rings is 3. The van der Waals surface area contributed by atoms with E-state index in [4.69, 9.17) is 5.10 Å². The minimum Gasteiger partial charge on any atom is -0.372 e. The molecule has 1 aliphatic heterocycles. The first-order valence-electron chi connectivity index (χ1n) is 14.0. The standard InChI is InChI=1S/C33H42N4/c1-5-24-36(25-6-2)31-20-15-27(16-21-31)14-19-29-26-33(37(34-29)32-12-10-9-11-13-32)28-17-22-30(23-18-28)35(7-3)8-4/h9-23,33H,5-8,24-26H2,1-4H3. The summed E-state index contributed by atoms with van der Waals surface area (Å²) < 4.78 is 0. The molecule has 0 radical (unpaired) electrons. The molecular weight excluding hydrogens is 452 g/mol. The van der Waals surface area contributed by atoms with Gasteiger partial charge in [0.2, 0.25) is 0 Å². The number of anilines is 3. The largest absolute Gasteiger partial charge is 0.372 e. The second-order valence-corrected chi connectivity index (χ2v) is 9.67. The molecule has 0 aromatic heterocycles. The van der Waals surface area contributed by atoms with Crippen LogP contribution >= 0.6 is 0 Å². The van der Waals surface area contributed by atoms with Crippen molar-refractivity contribution in [2.75, 3.05) is 41.0 Å². The molecule has 194 valence electrons. The number of hydrogen-bond donors (Lipinski definition) is 0. The van der Waals surface area contributed by atoms with Crippen LogP contribution in [0.15, 0.2) is 90.0 Å². The highest BCUT2D eigenvalue weighted by molar-refractivity contribution is 6.01. The maximum Gasteiger partial charge on any atom is 0.0831 e. The summed E-state index contributed by atoms with van der Waals surface area (Å²) >= 11 is 0. The molecule has 3 aromatic carbocycles. The predicted molar refractivity (Wildman–Crippen MR) is 162 cm³/mol. The summed E-state index contributed by atoms with van der Waals surface area (Å²) in [5.74, 6) is 0. The quantitative estimate of drug-likeness (QED) is 0.253. The van der Waals surface area contributed by atoms with Gasteiger partial charge in [0.25, 0.3) is 0 Å². The predicted octanol–water partition coefficient (Wildman–Crippen LogP) is 8.18. The van der Waals surface area contributed by atoms with Gasteiger partial charge < -0.3 is 9.80 Å². The molecule has 1 atom stereocenters. The van der Waals surface area contributed by atoms with Crippen molar-refractivity contribution in [2.24, 2.45) is 5.10 Å². The first-order valence-corrected chi connectivity index (χ1v) is 14.0. The summed E-state index contributed by atoms with van der Waals surface area (Å²) in [6.45, 7) is 13.1. The summed E-state index contributed by atoms with van der Waals surface area (Å²) in [5.41, 5.74) is 7.31. The van der Waals surface area contributed by atoms with Gasteiger partial charge in [0.1, 0.15) is 0 Å². The molecule has 4 rings (SSSR count). The van der Waals surface area contributed by atoms with Gasteiger partial charge in [0.05, 0.1) is 17.4 Å². The molecule has 37 heavy (non-hydrogen) atoms. The van der Waals surface area contributed by atoms with Crippen LogP contribution in [0, 0.1) is 0 Å². The zero-order valence-electron chi connectivity index (χ0n) is 23.0. The second-order valence-electron chi connectivity index (χ2n) is 9.67. The number of hydrogen-bond acceptors (Lipinski definition) is 4. The number of allylic oxidation sites excluding steroid dienone is 1. The van der Waals surface area contributed by atoms with Crippen molar-refractivity contribution in [2.45, 2.75) is 53.0 Å². The fourth-order valence-electron chi connectivity index (χ4n) is 5.11. The lowest BCUT2D eigenvalue weighted by atomic mass is 10.00.